The highest BCUT2D eigenvalue weighted by molar-refractivity contribution is 6.30. The monoisotopic (exact) mass is 377 g/mol. The molecule has 3 rings (SSSR count). The highest BCUT2D eigenvalue weighted by Gasteiger charge is 2.57. The molecule has 1 aromatic heterocycles. The number of ether oxygens (including phenoxy) is 1. The van der Waals surface area contributed by atoms with Crippen molar-refractivity contribution in [3.63, 3.8) is 0 Å². The number of fused-ring (bicyclic) bond motifs is 2. The van der Waals surface area contributed by atoms with Crippen LogP contribution in [0.3, 0.4) is 0 Å². The van der Waals surface area contributed by atoms with Crippen LogP contribution in [0.4, 0.5) is 20.3 Å². The Kier molecular flexibility index (Phi) is 4.63. The van der Waals surface area contributed by atoms with Crippen molar-refractivity contribution in [1.29, 1.82) is 5.26 Å². The molecular weight excluding hydrogens is 360 g/mol. The predicted octanol–water partition coefficient (Wildman–Crippen LogP) is 5.03. The number of nitrogens with zero attached hydrogens (tertiary/aromatic N) is 2. The summed E-state index contributed by atoms with van der Waals surface area (Å²) < 4.78 is 36.0. The molecule has 0 fully saturated rings. The number of halogens is 3. The quantitative estimate of drug-likeness (QED) is 0.811. The zero-order valence-corrected chi connectivity index (χ0v) is 15.4. The molecule has 136 valence electrons. The summed E-state index contributed by atoms with van der Waals surface area (Å²) in [6.45, 7) is 4.15. The second-order valence-corrected chi connectivity index (χ2v) is 7.14. The maximum atomic E-state index is 15.2. The molecule has 0 radical (unpaired) electrons. The third-order valence-corrected chi connectivity index (χ3v) is 4.76. The normalized spacial score (nSPS) is 18.7. The van der Waals surface area contributed by atoms with E-state index in [9.17, 15) is 5.26 Å². The molecule has 4 nitrogen and oxygen atoms in total. The summed E-state index contributed by atoms with van der Waals surface area (Å²) in [5.74, 6) is -2.89. The number of alkyl halides is 2. The van der Waals surface area contributed by atoms with Crippen LogP contribution >= 0.6 is 11.6 Å². The van der Waals surface area contributed by atoms with Crippen LogP contribution in [-0.4, -0.2) is 23.6 Å². The van der Waals surface area contributed by atoms with E-state index in [2.05, 4.69) is 10.3 Å². The maximum Gasteiger partial charge on any atom is 0.261 e. The summed E-state index contributed by atoms with van der Waals surface area (Å²) >= 11 is 6.07. The van der Waals surface area contributed by atoms with Gasteiger partial charge in [-0.15, -0.1) is 0 Å². The molecule has 1 aliphatic heterocycles. The van der Waals surface area contributed by atoms with Gasteiger partial charge in [0, 0.05) is 24.4 Å². The van der Waals surface area contributed by atoms with Gasteiger partial charge in [-0.1, -0.05) is 11.6 Å². The predicted molar refractivity (Wildman–Crippen MR) is 96.2 cm³/mol. The number of anilines is 2. The van der Waals surface area contributed by atoms with Gasteiger partial charge in [0.25, 0.3) is 5.92 Å². The average molecular weight is 378 g/mol. The lowest BCUT2D eigenvalue weighted by molar-refractivity contribution is -0.0868. The fourth-order valence-electron chi connectivity index (χ4n) is 3.26. The summed E-state index contributed by atoms with van der Waals surface area (Å²) in [4.78, 5) is 4.20. The zero-order valence-electron chi connectivity index (χ0n) is 14.6. The molecule has 0 amide bonds. The Labute approximate surface area is 155 Å². The van der Waals surface area contributed by atoms with Crippen LogP contribution in [0.25, 0.3) is 0 Å². The Hall–Kier alpha value is -2.23. The largest absolute Gasteiger partial charge is 0.377 e. The van der Waals surface area contributed by atoms with Gasteiger partial charge in [-0.2, -0.15) is 5.26 Å². The van der Waals surface area contributed by atoms with Crippen molar-refractivity contribution in [3.05, 3.63) is 52.2 Å². The molecule has 0 saturated heterocycles. The van der Waals surface area contributed by atoms with Gasteiger partial charge in [-0.25, -0.2) is 13.8 Å². The Morgan fingerprint density at radius 1 is 1.35 bits per heavy atom. The van der Waals surface area contributed by atoms with Crippen LogP contribution in [-0.2, 0) is 10.2 Å². The fourth-order valence-corrected chi connectivity index (χ4v) is 3.42. The van der Waals surface area contributed by atoms with E-state index in [1.165, 1.54) is 18.3 Å². The highest BCUT2D eigenvalue weighted by atomic mass is 35.5. The number of nitriles is 1. The topological polar surface area (TPSA) is 57.9 Å². The van der Waals surface area contributed by atoms with E-state index in [0.717, 1.165) is 6.92 Å². The second-order valence-electron chi connectivity index (χ2n) is 6.70. The minimum Gasteiger partial charge on any atom is -0.377 e. The van der Waals surface area contributed by atoms with Gasteiger partial charge in [0.05, 0.1) is 29.4 Å². The van der Waals surface area contributed by atoms with Crippen molar-refractivity contribution in [2.45, 2.75) is 38.2 Å². The third kappa shape index (κ3) is 2.91. The summed E-state index contributed by atoms with van der Waals surface area (Å²) in [5, 5.41) is 12.6. The number of benzene rings is 1. The molecule has 1 atom stereocenters. The highest BCUT2D eigenvalue weighted by Crippen LogP contribution is 2.53. The van der Waals surface area contributed by atoms with Crippen LogP contribution in [0.1, 0.15) is 37.5 Å². The Bertz CT molecular complexity index is 889. The third-order valence-electron chi connectivity index (χ3n) is 4.56. The van der Waals surface area contributed by atoms with Crippen molar-refractivity contribution in [3.8, 4) is 6.07 Å². The number of hydrogen-bond acceptors (Lipinski definition) is 4. The van der Waals surface area contributed by atoms with Crippen molar-refractivity contribution in [2.75, 3.05) is 11.9 Å². The molecule has 0 spiro atoms. The van der Waals surface area contributed by atoms with Crippen LogP contribution in [0, 0.1) is 11.3 Å². The number of pyridine rings is 1. The number of rotatable bonds is 4. The second kappa shape index (κ2) is 6.49. The number of nitrogens with one attached hydrogen (secondary N) is 1. The molecule has 1 N–H and O–H groups in total. The summed E-state index contributed by atoms with van der Waals surface area (Å²) in [6, 6.07) is 8.17. The van der Waals surface area contributed by atoms with E-state index < -0.39 is 11.3 Å². The summed E-state index contributed by atoms with van der Waals surface area (Å²) in [6.07, 6.45) is 1.16. The van der Waals surface area contributed by atoms with E-state index in [1.54, 1.807) is 26.0 Å². The van der Waals surface area contributed by atoms with Gasteiger partial charge in [0.1, 0.15) is 11.2 Å². The summed E-state index contributed by atoms with van der Waals surface area (Å²) in [5.41, 5.74) is -0.512. The summed E-state index contributed by atoms with van der Waals surface area (Å²) in [7, 11) is 0. The van der Waals surface area contributed by atoms with Crippen LogP contribution < -0.4 is 5.32 Å². The van der Waals surface area contributed by atoms with Crippen molar-refractivity contribution >= 4 is 23.1 Å². The average Bonchev–Trinajstić information content (AvgIpc) is 2.57. The van der Waals surface area contributed by atoms with E-state index in [-0.39, 0.29) is 23.3 Å². The van der Waals surface area contributed by atoms with Crippen molar-refractivity contribution in [1.82, 2.24) is 4.98 Å². The molecule has 2 aromatic rings. The molecule has 2 heterocycles. The molecule has 0 aliphatic carbocycles. The van der Waals surface area contributed by atoms with E-state index >= 15 is 8.78 Å². The molecular formula is C19H18ClF2N3O. The standard InChI is InChI=1S/C19H18ClF2N3O/c1-11(2)26-10-19(18(3,21)22)14-6-12(8-23)4-5-16(14)25-17-15(19)7-13(20)9-24-17/h4-7,9,11H,10H2,1-3H3,(H,24,25)/t19-/m1/s1. The zero-order chi connectivity index (χ0) is 19.1. The first-order valence-corrected chi connectivity index (χ1v) is 8.54. The molecule has 0 unspecified atom stereocenters. The lowest BCUT2D eigenvalue weighted by atomic mass is 9.68. The van der Waals surface area contributed by atoms with Crippen LogP contribution in [0.2, 0.25) is 5.02 Å². The van der Waals surface area contributed by atoms with Gasteiger partial charge in [-0.05, 0) is 43.7 Å². The SMILES string of the molecule is CC(C)OC[C@@]1(C(C)(F)F)c2cc(C#N)ccc2Nc2ncc(Cl)cc21. The van der Waals surface area contributed by atoms with E-state index in [4.69, 9.17) is 16.3 Å². The van der Waals surface area contributed by atoms with Gasteiger partial charge in [0.2, 0.25) is 0 Å². The fraction of sp³-hybridized carbons (Fsp3) is 0.368. The van der Waals surface area contributed by atoms with Crippen molar-refractivity contribution in [2.24, 2.45) is 0 Å². The van der Waals surface area contributed by atoms with Crippen LogP contribution in [0.15, 0.2) is 30.5 Å². The van der Waals surface area contributed by atoms with Gasteiger partial charge < -0.3 is 10.1 Å². The Balaban J connectivity index is 2.36. The van der Waals surface area contributed by atoms with E-state index in [1.807, 2.05) is 6.07 Å². The van der Waals surface area contributed by atoms with Gasteiger partial charge in [0.15, 0.2) is 0 Å². The lowest BCUT2D eigenvalue weighted by Gasteiger charge is -2.44. The maximum absolute atomic E-state index is 15.2. The Morgan fingerprint density at radius 3 is 2.69 bits per heavy atom. The van der Waals surface area contributed by atoms with Gasteiger partial charge >= 0.3 is 0 Å². The number of aromatic nitrogens is 1. The Morgan fingerprint density at radius 2 is 2.08 bits per heavy atom. The number of hydrogen-bond donors (Lipinski definition) is 1. The molecule has 26 heavy (non-hydrogen) atoms. The first-order chi connectivity index (χ1) is 12.2. The van der Waals surface area contributed by atoms with Crippen LogP contribution in [0.5, 0.6) is 0 Å². The molecule has 0 bridgehead atoms. The molecule has 1 aromatic carbocycles. The lowest BCUT2D eigenvalue weighted by Crippen LogP contribution is -2.51. The first-order valence-electron chi connectivity index (χ1n) is 8.16. The molecule has 1 aliphatic rings. The first kappa shape index (κ1) is 18.6. The smallest absolute Gasteiger partial charge is 0.261 e. The molecule has 0 saturated carbocycles. The minimum absolute atomic E-state index is 0.248. The van der Waals surface area contributed by atoms with Gasteiger partial charge in [-0.3, -0.25) is 0 Å². The van der Waals surface area contributed by atoms with Crippen molar-refractivity contribution < 1.29 is 13.5 Å². The minimum atomic E-state index is -3.20. The molecule has 7 heteroatoms. The van der Waals surface area contributed by atoms with E-state index in [0.29, 0.717) is 22.6 Å².